The second-order valence-electron chi connectivity index (χ2n) is 12.0. The van der Waals surface area contributed by atoms with Crippen molar-refractivity contribution in [1.82, 2.24) is 0 Å². The van der Waals surface area contributed by atoms with Gasteiger partial charge in [-0.15, -0.1) is 0 Å². The highest BCUT2D eigenvalue weighted by Crippen LogP contribution is 2.67. The number of carbonyl (C=O) groups excluding carboxylic acids is 1. The molecule has 0 saturated heterocycles. The Morgan fingerprint density at radius 3 is 2.58 bits per heavy atom. The van der Waals surface area contributed by atoms with Crippen molar-refractivity contribution >= 4 is 11.8 Å². The third-order valence-corrected chi connectivity index (χ3v) is 10.5. The standard InChI is InChI=1S/C27H42O4/c1-16(6-5-7-17(2)25(30)31)20-8-9-21-24-22(11-13-27(20,21)4)26(3)12-10-19(28)14-18(26)15-23(24)29/h14,16-17,20-24,29H,5-13,15H2,1-4H3,(H,30,31)/t16-,17-,20?,21?,22?,23?,24?,26+,27-/m1/s1. The fourth-order valence-corrected chi connectivity index (χ4v) is 8.57. The van der Waals surface area contributed by atoms with Crippen LogP contribution in [-0.2, 0) is 9.59 Å². The Morgan fingerprint density at radius 1 is 1.13 bits per heavy atom. The summed E-state index contributed by atoms with van der Waals surface area (Å²) in [6.45, 7) is 9.05. The molecule has 4 nitrogen and oxygen atoms in total. The number of hydrogen-bond acceptors (Lipinski definition) is 3. The van der Waals surface area contributed by atoms with Crippen molar-refractivity contribution in [2.75, 3.05) is 0 Å². The molecule has 9 atom stereocenters. The van der Waals surface area contributed by atoms with Crippen LogP contribution < -0.4 is 0 Å². The highest BCUT2D eigenvalue weighted by molar-refractivity contribution is 5.91. The molecule has 4 rings (SSSR count). The molecule has 0 bridgehead atoms. The van der Waals surface area contributed by atoms with E-state index in [-0.39, 0.29) is 28.6 Å². The van der Waals surface area contributed by atoms with Gasteiger partial charge in [0, 0.05) is 6.42 Å². The third kappa shape index (κ3) is 3.81. The molecular formula is C27H42O4. The number of aliphatic hydroxyl groups is 1. The summed E-state index contributed by atoms with van der Waals surface area (Å²) in [5, 5.41) is 20.4. The summed E-state index contributed by atoms with van der Waals surface area (Å²) in [5.41, 5.74) is 1.59. The molecule has 0 spiro atoms. The van der Waals surface area contributed by atoms with Gasteiger partial charge in [0.05, 0.1) is 12.0 Å². The van der Waals surface area contributed by atoms with Gasteiger partial charge in [-0.3, -0.25) is 9.59 Å². The normalized spacial score (nSPS) is 44.0. The number of aliphatic carboxylic acids is 1. The van der Waals surface area contributed by atoms with Crippen LogP contribution in [0.25, 0.3) is 0 Å². The SMILES string of the molecule is C[C@H](CCC[C@@H](C)C1CCC2C3C(O)CC4=CC(=O)CC[C@]4(C)C3CC[C@@]21C)C(=O)O. The predicted molar refractivity (Wildman–Crippen MR) is 121 cm³/mol. The number of carboxylic acid groups (broad SMARTS) is 1. The van der Waals surface area contributed by atoms with Crippen LogP contribution in [0.1, 0.15) is 91.9 Å². The Morgan fingerprint density at radius 2 is 1.87 bits per heavy atom. The topological polar surface area (TPSA) is 74.6 Å². The molecule has 0 aliphatic heterocycles. The lowest BCUT2D eigenvalue weighted by Crippen LogP contribution is -2.55. The van der Waals surface area contributed by atoms with Crippen molar-refractivity contribution in [3.05, 3.63) is 11.6 Å². The van der Waals surface area contributed by atoms with Crippen molar-refractivity contribution in [3.63, 3.8) is 0 Å². The van der Waals surface area contributed by atoms with E-state index < -0.39 is 5.97 Å². The van der Waals surface area contributed by atoms with E-state index >= 15 is 0 Å². The average Bonchev–Trinajstić information content (AvgIpc) is 3.06. The molecule has 0 aromatic carbocycles. The summed E-state index contributed by atoms with van der Waals surface area (Å²) < 4.78 is 0. The number of ketones is 1. The quantitative estimate of drug-likeness (QED) is 0.572. The molecule has 4 aliphatic rings. The van der Waals surface area contributed by atoms with Gasteiger partial charge in [-0.2, -0.15) is 0 Å². The maximum Gasteiger partial charge on any atom is 0.306 e. The Hall–Kier alpha value is -1.16. The van der Waals surface area contributed by atoms with E-state index in [9.17, 15) is 14.7 Å². The molecule has 0 aromatic rings. The Balaban J connectivity index is 1.49. The first-order valence-electron chi connectivity index (χ1n) is 12.7. The number of carbonyl (C=O) groups is 2. The number of aliphatic hydroxyl groups excluding tert-OH is 1. The largest absolute Gasteiger partial charge is 0.481 e. The predicted octanol–water partition coefficient (Wildman–Crippen LogP) is 5.63. The lowest BCUT2D eigenvalue weighted by molar-refractivity contribution is -0.141. The van der Waals surface area contributed by atoms with Gasteiger partial charge in [0.25, 0.3) is 0 Å². The summed E-state index contributed by atoms with van der Waals surface area (Å²) in [6, 6.07) is 0. The molecule has 0 amide bonds. The Labute approximate surface area is 187 Å². The number of carboxylic acids is 1. The van der Waals surface area contributed by atoms with E-state index in [1.165, 1.54) is 24.8 Å². The monoisotopic (exact) mass is 430 g/mol. The lowest BCUT2D eigenvalue weighted by Gasteiger charge is -2.60. The van der Waals surface area contributed by atoms with Crippen LogP contribution in [0.15, 0.2) is 11.6 Å². The van der Waals surface area contributed by atoms with Crippen LogP contribution in [0.2, 0.25) is 0 Å². The van der Waals surface area contributed by atoms with Crippen molar-refractivity contribution in [1.29, 1.82) is 0 Å². The van der Waals surface area contributed by atoms with Crippen LogP contribution in [-0.4, -0.2) is 28.1 Å². The van der Waals surface area contributed by atoms with E-state index in [0.717, 1.165) is 32.1 Å². The molecule has 2 N–H and O–H groups in total. The smallest absolute Gasteiger partial charge is 0.306 e. The van der Waals surface area contributed by atoms with Gasteiger partial charge < -0.3 is 10.2 Å². The van der Waals surface area contributed by atoms with Gasteiger partial charge >= 0.3 is 5.97 Å². The van der Waals surface area contributed by atoms with Crippen LogP contribution >= 0.6 is 0 Å². The minimum absolute atomic E-state index is 0.0931. The Bertz CT molecular complexity index is 756. The van der Waals surface area contributed by atoms with E-state index in [4.69, 9.17) is 5.11 Å². The van der Waals surface area contributed by atoms with Gasteiger partial charge in [0.15, 0.2) is 5.78 Å². The summed E-state index contributed by atoms with van der Waals surface area (Å²) in [4.78, 5) is 23.2. The summed E-state index contributed by atoms with van der Waals surface area (Å²) in [6.07, 6.45) is 11.6. The van der Waals surface area contributed by atoms with Crippen molar-refractivity contribution < 1.29 is 19.8 Å². The van der Waals surface area contributed by atoms with Gasteiger partial charge in [-0.25, -0.2) is 0 Å². The molecule has 4 heteroatoms. The second-order valence-corrected chi connectivity index (χ2v) is 12.0. The van der Waals surface area contributed by atoms with Gasteiger partial charge in [0.2, 0.25) is 0 Å². The summed E-state index contributed by atoms with van der Waals surface area (Å²) in [5.74, 6) is 2.01. The molecule has 4 aliphatic carbocycles. The third-order valence-electron chi connectivity index (χ3n) is 10.5. The van der Waals surface area contributed by atoms with Crippen molar-refractivity contribution in [2.24, 2.45) is 46.3 Å². The van der Waals surface area contributed by atoms with E-state index in [1.807, 2.05) is 13.0 Å². The van der Waals surface area contributed by atoms with Gasteiger partial charge in [0.1, 0.15) is 0 Å². The zero-order chi connectivity index (χ0) is 22.6. The highest BCUT2D eigenvalue weighted by atomic mass is 16.4. The molecule has 0 radical (unpaired) electrons. The lowest BCUT2D eigenvalue weighted by atomic mass is 9.45. The van der Waals surface area contributed by atoms with Gasteiger partial charge in [-0.1, -0.05) is 46.1 Å². The Kier molecular flexibility index (Phi) is 6.17. The molecule has 3 fully saturated rings. The van der Waals surface area contributed by atoms with Crippen LogP contribution in [0, 0.1) is 46.3 Å². The fourth-order valence-electron chi connectivity index (χ4n) is 8.57. The first-order valence-corrected chi connectivity index (χ1v) is 12.7. The molecule has 0 aromatic heterocycles. The number of hydrogen-bond donors (Lipinski definition) is 2. The molecule has 31 heavy (non-hydrogen) atoms. The molecule has 3 saturated carbocycles. The van der Waals surface area contributed by atoms with E-state index in [1.54, 1.807) is 0 Å². The summed E-state index contributed by atoms with van der Waals surface area (Å²) in [7, 11) is 0. The van der Waals surface area contributed by atoms with E-state index in [2.05, 4.69) is 20.8 Å². The zero-order valence-electron chi connectivity index (χ0n) is 19.9. The maximum atomic E-state index is 12.1. The fraction of sp³-hybridized carbons (Fsp3) is 0.852. The van der Waals surface area contributed by atoms with Gasteiger partial charge in [-0.05, 0) is 91.4 Å². The number of rotatable bonds is 6. The van der Waals surface area contributed by atoms with Crippen LogP contribution in [0.5, 0.6) is 0 Å². The molecule has 5 unspecified atom stereocenters. The molecule has 0 heterocycles. The molecular weight excluding hydrogens is 388 g/mol. The first-order chi connectivity index (χ1) is 14.6. The first kappa shape index (κ1) is 23.0. The van der Waals surface area contributed by atoms with E-state index in [0.29, 0.717) is 42.4 Å². The average molecular weight is 431 g/mol. The second kappa shape index (κ2) is 8.32. The minimum atomic E-state index is -0.684. The van der Waals surface area contributed by atoms with Crippen LogP contribution in [0.3, 0.4) is 0 Å². The van der Waals surface area contributed by atoms with Crippen molar-refractivity contribution in [2.45, 2.75) is 98.0 Å². The maximum absolute atomic E-state index is 12.1. The molecule has 174 valence electrons. The summed E-state index contributed by atoms with van der Waals surface area (Å²) >= 11 is 0. The minimum Gasteiger partial charge on any atom is -0.481 e. The van der Waals surface area contributed by atoms with Crippen molar-refractivity contribution in [3.8, 4) is 0 Å². The number of fused-ring (bicyclic) bond motifs is 5. The highest BCUT2D eigenvalue weighted by Gasteiger charge is 2.61. The van der Waals surface area contributed by atoms with Crippen LogP contribution in [0.4, 0.5) is 0 Å². The zero-order valence-corrected chi connectivity index (χ0v) is 19.9.